The fourth-order valence-corrected chi connectivity index (χ4v) is 2.57. The Morgan fingerprint density at radius 2 is 1.82 bits per heavy atom. The van der Waals surface area contributed by atoms with Crippen LogP contribution in [0.5, 0.6) is 5.75 Å². The van der Waals surface area contributed by atoms with Gasteiger partial charge in [-0.3, -0.25) is 4.79 Å². The Balaban J connectivity index is 2.41. The molecule has 14 heteroatoms. The standard InChI is InChI=1S/C20H20B3FN6O4/c1-33-17-11(24)4-3-5-12(17)28-13(16(26)18(31)30-20(21,22)23)8-14(25)29-15-7-6-10(9-27-15)19(32)34-2/h3-9,28H,25-26H2,1-2H3,(H,27,29)(H,30,31)/b14-8+,16-13+. The third kappa shape index (κ3) is 7.22. The molecule has 2 aromatic rings. The second-order valence-corrected chi connectivity index (χ2v) is 6.81. The number of ether oxygens (including phenoxy) is 2. The van der Waals surface area contributed by atoms with E-state index in [-0.39, 0.29) is 34.3 Å². The van der Waals surface area contributed by atoms with Crippen LogP contribution in [0.1, 0.15) is 10.4 Å². The number of halogens is 1. The summed E-state index contributed by atoms with van der Waals surface area (Å²) in [5, 5.41) is 5.58. The Hall–Kier alpha value is -4.09. The Labute approximate surface area is 199 Å². The Morgan fingerprint density at radius 3 is 2.38 bits per heavy atom. The van der Waals surface area contributed by atoms with Gasteiger partial charge in [-0.25, -0.2) is 14.2 Å². The van der Waals surface area contributed by atoms with Gasteiger partial charge in [-0.05, 0) is 24.3 Å². The van der Waals surface area contributed by atoms with Crippen LogP contribution < -0.4 is 32.2 Å². The summed E-state index contributed by atoms with van der Waals surface area (Å²) in [6, 6.07) is 7.02. The van der Waals surface area contributed by atoms with Gasteiger partial charge in [-0.1, -0.05) is 11.3 Å². The number of methoxy groups -OCH3 is 2. The fourth-order valence-electron chi connectivity index (χ4n) is 2.57. The lowest BCUT2D eigenvalue weighted by Crippen LogP contribution is -2.51. The first-order chi connectivity index (χ1) is 15.9. The molecule has 6 radical (unpaired) electrons. The van der Waals surface area contributed by atoms with Gasteiger partial charge < -0.3 is 36.9 Å². The quantitative estimate of drug-likeness (QED) is 0.148. The number of rotatable bonds is 9. The summed E-state index contributed by atoms with van der Waals surface area (Å²) in [7, 11) is 18.7. The van der Waals surface area contributed by atoms with Crippen LogP contribution in [0.2, 0.25) is 0 Å². The zero-order valence-electron chi connectivity index (χ0n) is 18.4. The van der Waals surface area contributed by atoms with Crippen molar-refractivity contribution in [1.29, 1.82) is 0 Å². The summed E-state index contributed by atoms with van der Waals surface area (Å²) >= 11 is 0. The van der Waals surface area contributed by atoms with Gasteiger partial charge in [0, 0.05) is 12.3 Å². The lowest BCUT2D eigenvalue weighted by atomic mass is 9.49. The number of nitrogens with one attached hydrogen (secondary N) is 3. The second-order valence-electron chi connectivity index (χ2n) is 6.81. The Kier molecular flexibility index (Phi) is 8.60. The number of esters is 1. The van der Waals surface area contributed by atoms with Crippen molar-refractivity contribution in [2.24, 2.45) is 11.5 Å². The summed E-state index contributed by atoms with van der Waals surface area (Å²) in [6.45, 7) is 0. The van der Waals surface area contributed by atoms with Crippen LogP contribution >= 0.6 is 0 Å². The largest absolute Gasteiger partial charge is 0.492 e. The monoisotopic (exact) mass is 460 g/mol. The van der Waals surface area contributed by atoms with E-state index in [4.69, 9.17) is 39.7 Å². The van der Waals surface area contributed by atoms with Crippen molar-refractivity contribution in [3.8, 4) is 5.75 Å². The number of nitrogens with two attached hydrogens (primary N) is 2. The van der Waals surface area contributed by atoms with Gasteiger partial charge in [0.15, 0.2) is 11.6 Å². The van der Waals surface area contributed by atoms with E-state index in [2.05, 4.69) is 25.7 Å². The SMILES string of the molecule is [B]C([B])([B])NC(=O)/C(N)=C(/C=C(\N)Nc1ccc(C(=O)OC)cn1)Nc1cccc(F)c1OC. The number of anilines is 2. The average Bonchev–Trinajstić information content (AvgIpc) is 2.77. The van der Waals surface area contributed by atoms with Gasteiger partial charge in [-0.2, -0.15) is 0 Å². The lowest BCUT2D eigenvalue weighted by Gasteiger charge is -2.23. The van der Waals surface area contributed by atoms with Gasteiger partial charge >= 0.3 is 5.97 Å². The van der Waals surface area contributed by atoms with E-state index in [0.717, 1.165) is 0 Å². The molecular formula is C20H20B3FN6O4. The van der Waals surface area contributed by atoms with Crippen molar-refractivity contribution < 1.29 is 23.5 Å². The highest BCUT2D eigenvalue weighted by atomic mass is 19.1. The Bertz CT molecular complexity index is 1120. The fraction of sp³-hybridized carbons (Fsp3) is 0.150. The van der Waals surface area contributed by atoms with E-state index < -0.39 is 28.6 Å². The third-order valence-corrected chi connectivity index (χ3v) is 4.06. The highest BCUT2D eigenvalue weighted by Gasteiger charge is 2.19. The van der Waals surface area contributed by atoms with Crippen molar-refractivity contribution in [2.45, 2.75) is 5.24 Å². The number of benzene rings is 1. The number of amides is 1. The molecule has 0 saturated heterocycles. The summed E-state index contributed by atoms with van der Waals surface area (Å²) in [6.07, 6.45) is 2.51. The number of pyridine rings is 1. The smallest absolute Gasteiger partial charge is 0.339 e. The predicted molar refractivity (Wildman–Crippen MR) is 127 cm³/mol. The van der Waals surface area contributed by atoms with E-state index >= 15 is 0 Å². The van der Waals surface area contributed by atoms with E-state index in [1.165, 1.54) is 56.8 Å². The first-order valence-corrected chi connectivity index (χ1v) is 9.52. The summed E-state index contributed by atoms with van der Waals surface area (Å²) in [5.41, 5.74) is 11.8. The summed E-state index contributed by atoms with van der Waals surface area (Å²) < 4.78 is 23.8. The number of hydrogen-bond acceptors (Lipinski definition) is 9. The molecule has 0 spiro atoms. The second kappa shape index (κ2) is 11.2. The van der Waals surface area contributed by atoms with Crippen LogP contribution in [0, 0.1) is 5.82 Å². The first kappa shape index (κ1) is 26.2. The van der Waals surface area contributed by atoms with Crippen LogP contribution in [0.15, 0.2) is 59.8 Å². The number of carbonyl (C=O) groups is 2. The minimum Gasteiger partial charge on any atom is -0.492 e. The van der Waals surface area contributed by atoms with Crippen LogP contribution in [0.25, 0.3) is 0 Å². The maximum Gasteiger partial charge on any atom is 0.339 e. The van der Waals surface area contributed by atoms with Crippen molar-refractivity contribution in [1.82, 2.24) is 10.3 Å². The number of hydrogen-bond donors (Lipinski definition) is 5. The molecule has 170 valence electrons. The third-order valence-electron chi connectivity index (χ3n) is 4.06. The van der Waals surface area contributed by atoms with Gasteiger partial charge in [0.2, 0.25) is 0 Å². The summed E-state index contributed by atoms with van der Waals surface area (Å²) in [4.78, 5) is 28.0. The van der Waals surface area contributed by atoms with Gasteiger partial charge in [0.25, 0.3) is 5.91 Å². The molecule has 1 heterocycles. The van der Waals surface area contributed by atoms with Crippen molar-refractivity contribution >= 4 is 46.9 Å². The van der Waals surface area contributed by atoms with Crippen molar-refractivity contribution in [3.05, 3.63) is 71.2 Å². The van der Waals surface area contributed by atoms with Gasteiger partial charge in [-0.15, -0.1) is 0 Å². The lowest BCUT2D eigenvalue weighted by molar-refractivity contribution is -0.117. The first-order valence-electron chi connectivity index (χ1n) is 9.52. The molecule has 0 aliphatic heterocycles. The number of allylic oxidation sites excluding steroid dienone is 1. The average molecular weight is 460 g/mol. The number of nitrogens with zero attached hydrogens (tertiary/aromatic N) is 1. The highest BCUT2D eigenvalue weighted by Crippen LogP contribution is 2.29. The molecule has 0 bridgehead atoms. The maximum atomic E-state index is 14.1. The number of para-hydroxylation sites is 1. The minimum atomic E-state index is -2.05. The van der Waals surface area contributed by atoms with Gasteiger partial charge in [0.05, 0.1) is 54.7 Å². The molecule has 0 aliphatic carbocycles. The zero-order chi connectivity index (χ0) is 25.5. The topological polar surface area (TPSA) is 154 Å². The van der Waals surface area contributed by atoms with Crippen LogP contribution in [-0.2, 0) is 9.53 Å². The molecule has 1 aromatic carbocycles. The van der Waals surface area contributed by atoms with E-state index in [1.807, 2.05) is 0 Å². The molecule has 0 atom stereocenters. The highest BCUT2D eigenvalue weighted by molar-refractivity contribution is 6.60. The molecule has 34 heavy (non-hydrogen) atoms. The molecule has 7 N–H and O–H groups in total. The minimum absolute atomic E-state index is 0.0357. The molecule has 1 aromatic heterocycles. The molecule has 0 saturated carbocycles. The van der Waals surface area contributed by atoms with Crippen molar-refractivity contribution in [3.63, 3.8) is 0 Å². The molecule has 0 fully saturated rings. The molecule has 0 aliphatic rings. The summed E-state index contributed by atoms with van der Waals surface area (Å²) in [5.74, 6) is -2.07. The Morgan fingerprint density at radius 1 is 1.12 bits per heavy atom. The van der Waals surface area contributed by atoms with E-state index in [1.54, 1.807) is 0 Å². The van der Waals surface area contributed by atoms with Gasteiger partial charge in [0.1, 0.15) is 17.3 Å². The molecular weight excluding hydrogens is 440 g/mol. The maximum absolute atomic E-state index is 14.1. The molecule has 0 unspecified atom stereocenters. The molecule has 10 nitrogen and oxygen atoms in total. The molecule has 1 amide bonds. The number of aromatic nitrogens is 1. The van der Waals surface area contributed by atoms with Crippen molar-refractivity contribution in [2.75, 3.05) is 24.9 Å². The van der Waals surface area contributed by atoms with E-state index in [0.29, 0.717) is 0 Å². The van der Waals surface area contributed by atoms with Crippen LogP contribution in [0.3, 0.4) is 0 Å². The van der Waals surface area contributed by atoms with E-state index in [9.17, 15) is 14.0 Å². The van der Waals surface area contributed by atoms with Crippen LogP contribution in [-0.4, -0.2) is 59.9 Å². The molecule has 2 rings (SSSR count). The van der Waals surface area contributed by atoms with Crippen LogP contribution in [0.4, 0.5) is 15.9 Å². The normalized spacial score (nSPS) is 12.3. The zero-order valence-corrected chi connectivity index (χ0v) is 18.4. The number of carbonyl (C=O) groups excluding carboxylic acids is 2. The predicted octanol–water partition coefficient (Wildman–Crippen LogP) is -0.257.